The number of aromatic nitrogens is 2. The summed E-state index contributed by atoms with van der Waals surface area (Å²) < 4.78 is 27.0. The molecule has 0 atom stereocenters. The van der Waals surface area contributed by atoms with Crippen LogP contribution in [0.2, 0.25) is 0 Å². The Hall–Kier alpha value is -3.28. The molecule has 1 aliphatic rings. The molecule has 1 aromatic carbocycles. The fourth-order valence-corrected chi connectivity index (χ4v) is 2.97. The van der Waals surface area contributed by atoms with E-state index in [9.17, 15) is 13.6 Å². The lowest BCUT2D eigenvalue weighted by Crippen LogP contribution is -2.31. The van der Waals surface area contributed by atoms with Crippen LogP contribution >= 0.6 is 0 Å². The first-order valence-corrected chi connectivity index (χ1v) is 8.20. The van der Waals surface area contributed by atoms with Gasteiger partial charge in [0.25, 0.3) is 5.91 Å². The number of H-pyrrole nitrogens is 1. The third-order valence-electron chi connectivity index (χ3n) is 4.29. The number of rotatable bonds is 3. The van der Waals surface area contributed by atoms with Gasteiger partial charge in [0.15, 0.2) is 0 Å². The van der Waals surface area contributed by atoms with E-state index in [1.165, 1.54) is 6.08 Å². The molecule has 0 spiro atoms. The Balaban J connectivity index is 1.64. The monoisotopic (exact) mass is 351 g/mol. The highest BCUT2D eigenvalue weighted by molar-refractivity contribution is 5.97. The molecule has 2 N–H and O–H groups in total. The highest BCUT2D eigenvalue weighted by atomic mass is 19.1. The number of carbonyl (C=O) groups is 1. The van der Waals surface area contributed by atoms with E-state index in [2.05, 4.69) is 15.3 Å². The number of benzene rings is 1. The average Bonchev–Trinajstić information content (AvgIpc) is 3.09. The van der Waals surface area contributed by atoms with Gasteiger partial charge in [-0.2, -0.15) is 0 Å². The Morgan fingerprint density at radius 2 is 1.96 bits per heavy atom. The van der Waals surface area contributed by atoms with Crippen molar-refractivity contribution in [3.8, 4) is 11.3 Å². The van der Waals surface area contributed by atoms with Gasteiger partial charge in [-0.25, -0.2) is 8.78 Å². The Morgan fingerprint density at radius 1 is 1.08 bits per heavy atom. The molecule has 0 aliphatic carbocycles. The number of hydrogen-bond donors (Lipinski definition) is 2. The summed E-state index contributed by atoms with van der Waals surface area (Å²) in [6.07, 6.45) is 5.50. The maximum absolute atomic E-state index is 13.7. The summed E-state index contributed by atoms with van der Waals surface area (Å²) in [4.78, 5) is 19.4. The average molecular weight is 351 g/mol. The summed E-state index contributed by atoms with van der Waals surface area (Å²) in [5.74, 6) is -1.07. The predicted octanol–water partition coefficient (Wildman–Crippen LogP) is 3.81. The Labute approximate surface area is 148 Å². The Morgan fingerprint density at radius 3 is 2.81 bits per heavy atom. The van der Waals surface area contributed by atoms with Gasteiger partial charge in [-0.15, -0.1) is 0 Å². The highest BCUT2D eigenvalue weighted by Gasteiger charge is 2.19. The van der Waals surface area contributed by atoms with Crippen LogP contribution in [0.15, 0.2) is 42.6 Å². The smallest absolute Gasteiger partial charge is 0.253 e. The molecule has 0 saturated carbocycles. The van der Waals surface area contributed by atoms with E-state index in [0.29, 0.717) is 17.8 Å². The molecular weight excluding hydrogens is 336 g/mol. The normalized spacial score (nSPS) is 13.7. The van der Waals surface area contributed by atoms with Gasteiger partial charge < -0.3 is 10.3 Å². The molecule has 1 aliphatic heterocycles. The minimum absolute atomic E-state index is 0.0792. The van der Waals surface area contributed by atoms with E-state index >= 15 is 0 Å². The third-order valence-corrected chi connectivity index (χ3v) is 4.29. The van der Waals surface area contributed by atoms with Crippen molar-refractivity contribution in [1.82, 2.24) is 15.3 Å². The number of amides is 1. The summed E-state index contributed by atoms with van der Waals surface area (Å²) in [5, 5.41) is 2.81. The molecule has 4 rings (SSSR count). The van der Waals surface area contributed by atoms with E-state index in [4.69, 9.17) is 0 Å². The van der Waals surface area contributed by atoms with E-state index in [1.54, 1.807) is 12.3 Å². The molecule has 1 amide bonds. The van der Waals surface area contributed by atoms with Crippen LogP contribution in [0.1, 0.15) is 27.3 Å². The molecule has 0 radical (unpaired) electrons. The predicted molar refractivity (Wildman–Crippen MR) is 95.3 cm³/mol. The zero-order valence-electron chi connectivity index (χ0n) is 13.7. The number of nitrogens with zero attached hydrogens (tertiary/aromatic N) is 1. The van der Waals surface area contributed by atoms with Crippen LogP contribution in [0.3, 0.4) is 0 Å². The summed E-state index contributed by atoms with van der Waals surface area (Å²) in [7, 11) is 0. The minimum atomic E-state index is -0.498. The summed E-state index contributed by atoms with van der Waals surface area (Å²) in [6.45, 7) is 0.620. The van der Waals surface area contributed by atoms with Crippen LogP contribution in [0.4, 0.5) is 8.78 Å². The molecule has 26 heavy (non-hydrogen) atoms. The fourth-order valence-electron chi connectivity index (χ4n) is 2.97. The van der Waals surface area contributed by atoms with Crippen LogP contribution in [-0.4, -0.2) is 22.4 Å². The van der Waals surface area contributed by atoms with E-state index in [0.717, 1.165) is 41.6 Å². The van der Waals surface area contributed by atoms with E-state index in [-0.39, 0.29) is 11.5 Å². The van der Waals surface area contributed by atoms with Crippen LogP contribution in [0, 0.1) is 11.6 Å². The molecule has 4 nitrogen and oxygen atoms in total. The number of pyridine rings is 1. The Kier molecular flexibility index (Phi) is 4.08. The second kappa shape index (κ2) is 6.55. The van der Waals surface area contributed by atoms with Crippen molar-refractivity contribution in [3.05, 3.63) is 76.7 Å². The number of fused-ring (bicyclic) bond motifs is 1. The molecule has 3 aromatic rings. The fraction of sp³-hybridized carbons (Fsp3) is 0.100. The maximum Gasteiger partial charge on any atom is 0.253 e. The molecule has 130 valence electrons. The number of hydrogen-bond acceptors (Lipinski definition) is 2. The van der Waals surface area contributed by atoms with Gasteiger partial charge in [0.05, 0.1) is 11.3 Å². The lowest BCUT2D eigenvalue weighted by atomic mass is 10.1. The largest absolute Gasteiger partial charge is 0.358 e. The maximum atomic E-state index is 13.7. The molecule has 3 heterocycles. The van der Waals surface area contributed by atoms with Gasteiger partial charge in [0, 0.05) is 41.7 Å². The van der Waals surface area contributed by atoms with Gasteiger partial charge in [-0.05, 0) is 48.6 Å². The standard InChI is InChI=1S/C20H15F2N3O/c21-14-2-4-17(22)12(9-14)1-3-15-10-13(5-7-23-15)19-11-16-18(25-19)6-8-24-20(16)26/h1-5,7,9-11,25H,6,8H2,(H,24,26)/b3-1+. The second-order valence-corrected chi connectivity index (χ2v) is 6.05. The van der Waals surface area contributed by atoms with Crippen molar-refractivity contribution in [2.45, 2.75) is 6.42 Å². The number of nitrogens with one attached hydrogen (secondary N) is 2. The molecule has 0 fully saturated rings. The SMILES string of the molecule is O=C1NCCc2[nH]c(-c3ccnc(/C=C/c4cc(F)ccc4F)c3)cc21. The first kappa shape index (κ1) is 16.2. The molecule has 6 heteroatoms. The lowest BCUT2D eigenvalue weighted by molar-refractivity contribution is 0.0946. The Bertz CT molecular complexity index is 1020. The molecule has 0 unspecified atom stereocenters. The van der Waals surface area contributed by atoms with E-state index in [1.807, 2.05) is 18.2 Å². The molecule has 0 saturated heterocycles. The number of halogens is 2. The highest BCUT2D eigenvalue weighted by Crippen LogP contribution is 2.24. The van der Waals surface area contributed by atoms with Crippen LogP contribution in [0.5, 0.6) is 0 Å². The van der Waals surface area contributed by atoms with Gasteiger partial charge in [0.1, 0.15) is 11.6 Å². The first-order chi connectivity index (χ1) is 12.6. The van der Waals surface area contributed by atoms with Crippen molar-refractivity contribution in [2.75, 3.05) is 6.54 Å². The third kappa shape index (κ3) is 3.13. The lowest BCUT2D eigenvalue weighted by Gasteiger charge is -2.10. The van der Waals surface area contributed by atoms with Gasteiger partial charge in [0.2, 0.25) is 0 Å². The van der Waals surface area contributed by atoms with Crippen molar-refractivity contribution < 1.29 is 13.6 Å². The number of carbonyl (C=O) groups excluding carboxylic acids is 1. The van der Waals surface area contributed by atoms with Gasteiger partial charge in [-0.1, -0.05) is 0 Å². The summed E-state index contributed by atoms with van der Waals surface area (Å²) in [5.41, 5.74) is 4.01. The van der Waals surface area contributed by atoms with Crippen molar-refractivity contribution in [2.24, 2.45) is 0 Å². The van der Waals surface area contributed by atoms with Crippen molar-refractivity contribution >= 4 is 18.1 Å². The van der Waals surface area contributed by atoms with Crippen molar-refractivity contribution in [1.29, 1.82) is 0 Å². The topological polar surface area (TPSA) is 57.8 Å². The van der Waals surface area contributed by atoms with Crippen LogP contribution in [-0.2, 0) is 6.42 Å². The first-order valence-electron chi connectivity index (χ1n) is 8.20. The van der Waals surface area contributed by atoms with Gasteiger partial charge >= 0.3 is 0 Å². The van der Waals surface area contributed by atoms with Gasteiger partial charge in [-0.3, -0.25) is 9.78 Å². The zero-order valence-corrected chi connectivity index (χ0v) is 13.7. The molecule has 0 bridgehead atoms. The quantitative estimate of drug-likeness (QED) is 0.754. The molecular formula is C20H15F2N3O. The number of aromatic amines is 1. The minimum Gasteiger partial charge on any atom is -0.358 e. The summed E-state index contributed by atoms with van der Waals surface area (Å²) in [6, 6.07) is 8.77. The van der Waals surface area contributed by atoms with Crippen LogP contribution in [0.25, 0.3) is 23.4 Å². The van der Waals surface area contributed by atoms with E-state index < -0.39 is 11.6 Å². The second-order valence-electron chi connectivity index (χ2n) is 6.05. The zero-order chi connectivity index (χ0) is 18.1. The van der Waals surface area contributed by atoms with Crippen molar-refractivity contribution in [3.63, 3.8) is 0 Å². The van der Waals surface area contributed by atoms with Crippen LogP contribution < -0.4 is 5.32 Å². The summed E-state index contributed by atoms with van der Waals surface area (Å²) >= 11 is 0. The molecule has 2 aromatic heterocycles.